The molecule has 2 heterocycles. The molecule has 10 heteroatoms. The van der Waals surface area contributed by atoms with Crippen molar-refractivity contribution in [1.29, 1.82) is 0 Å². The molecule has 0 radical (unpaired) electrons. The molecule has 0 unspecified atom stereocenters. The molecule has 0 aromatic heterocycles. The lowest BCUT2D eigenvalue weighted by Gasteiger charge is -2.29. The molecule has 2 aliphatic rings. The minimum absolute atomic E-state index is 0.0627. The molecule has 2 aliphatic heterocycles. The Morgan fingerprint density at radius 2 is 1.94 bits per heavy atom. The minimum atomic E-state index is -3.82. The van der Waals surface area contributed by atoms with Gasteiger partial charge in [-0.2, -0.15) is 8.78 Å². The van der Waals surface area contributed by atoms with E-state index in [4.69, 9.17) is 4.74 Å². The number of fused-ring (bicyclic) bond motifs is 1. The van der Waals surface area contributed by atoms with E-state index in [0.29, 0.717) is 16.7 Å². The molecular formula is C25H25F2N3O5. The first-order chi connectivity index (χ1) is 16.6. The van der Waals surface area contributed by atoms with E-state index in [1.807, 2.05) is 0 Å². The summed E-state index contributed by atoms with van der Waals surface area (Å²) in [6.07, 6.45) is 0.0430. The third-order valence-electron chi connectivity index (χ3n) is 5.91. The molecule has 1 fully saturated rings. The molecule has 0 bridgehead atoms. The summed E-state index contributed by atoms with van der Waals surface area (Å²) in [6, 6.07) is 9.53. The number of nitrogens with one attached hydrogen (secondary N) is 2. The lowest BCUT2D eigenvalue weighted by atomic mass is 10.0. The number of rotatable bonds is 7. The number of benzene rings is 2. The van der Waals surface area contributed by atoms with Gasteiger partial charge in [0.05, 0.1) is 11.7 Å². The maximum Gasteiger partial charge on any atom is 0.353 e. The van der Waals surface area contributed by atoms with Gasteiger partial charge >= 0.3 is 5.92 Å². The van der Waals surface area contributed by atoms with E-state index >= 15 is 0 Å². The fourth-order valence-corrected chi connectivity index (χ4v) is 4.24. The molecular weight excluding hydrogens is 460 g/mol. The fourth-order valence-electron chi connectivity index (χ4n) is 4.24. The zero-order valence-corrected chi connectivity index (χ0v) is 19.3. The first-order valence-electron chi connectivity index (χ1n) is 11.3. The molecule has 0 saturated carbocycles. The van der Waals surface area contributed by atoms with Crippen LogP contribution in [-0.2, 0) is 33.4 Å². The van der Waals surface area contributed by atoms with Crippen molar-refractivity contribution in [2.45, 2.75) is 57.8 Å². The normalized spacial score (nSPS) is 17.9. The molecule has 4 rings (SSSR count). The molecule has 2 N–H and O–H groups in total. The average Bonchev–Trinajstić information content (AvgIpc) is 3.12. The molecule has 4 amide bonds. The number of para-hydroxylation sites is 1. The Kier molecular flexibility index (Phi) is 6.56. The van der Waals surface area contributed by atoms with Crippen molar-refractivity contribution in [1.82, 2.24) is 15.5 Å². The van der Waals surface area contributed by atoms with Crippen LogP contribution in [-0.4, -0.2) is 40.7 Å². The van der Waals surface area contributed by atoms with Crippen LogP contribution in [0.25, 0.3) is 0 Å². The molecule has 1 saturated heterocycles. The van der Waals surface area contributed by atoms with Gasteiger partial charge in [-0.3, -0.25) is 24.5 Å². The van der Waals surface area contributed by atoms with Crippen LogP contribution in [0.4, 0.5) is 8.78 Å². The summed E-state index contributed by atoms with van der Waals surface area (Å²) in [7, 11) is 0. The van der Waals surface area contributed by atoms with Gasteiger partial charge in [-0.05, 0) is 49.6 Å². The summed E-state index contributed by atoms with van der Waals surface area (Å²) < 4.78 is 35.3. The lowest BCUT2D eigenvalue weighted by molar-refractivity contribution is -0.147. The van der Waals surface area contributed by atoms with Gasteiger partial charge in [-0.15, -0.1) is 0 Å². The van der Waals surface area contributed by atoms with Crippen LogP contribution < -0.4 is 15.4 Å². The van der Waals surface area contributed by atoms with Crippen LogP contribution in [0.15, 0.2) is 42.5 Å². The average molecular weight is 485 g/mol. The number of carbonyl (C=O) groups excluding carboxylic acids is 4. The highest BCUT2D eigenvalue weighted by molar-refractivity contribution is 6.05. The summed E-state index contributed by atoms with van der Waals surface area (Å²) in [4.78, 5) is 50.2. The second-order valence-electron chi connectivity index (χ2n) is 8.81. The predicted octanol–water partition coefficient (Wildman–Crippen LogP) is 2.64. The number of hydrogen-bond donors (Lipinski definition) is 2. The monoisotopic (exact) mass is 485 g/mol. The molecule has 2 aromatic rings. The molecule has 1 atom stereocenters. The van der Waals surface area contributed by atoms with E-state index in [1.165, 1.54) is 17.0 Å². The summed E-state index contributed by atoms with van der Waals surface area (Å²) in [5, 5.41) is 4.50. The highest BCUT2D eigenvalue weighted by Crippen LogP contribution is 2.36. The first-order valence-corrected chi connectivity index (χ1v) is 11.3. The van der Waals surface area contributed by atoms with Crippen LogP contribution in [0.2, 0.25) is 0 Å². The predicted molar refractivity (Wildman–Crippen MR) is 120 cm³/mol. The fraction of sp³-hybridized carbons (Fsp3) is 0.360. The second-order valence-corrected chi connectivity index (χ2v) is 8.81. The van der Waals surface area contributed by atoms with Crippen molar-refractivity contribution in [3.8, 4) is 5.75 Å². The van der Waals surface area contributed by atoms with E-state index in [2.05, 4.69) is 10.6 Å². The van der Waals surface area contributed by atoms with E-state index in [0.717, 1.165) is 6.07 Å². The number of amides is 4. The van der Waals surface area contributed by atoms with Gasteiger partial charge in [0, 0.05) is 25.1 Å². The lowest BCUT2D eigenvalue weighted by Crippen LogP contribution is -2.52. The molecule has 35 heavy (non-hydrogen) atoms. The van der Waals surface area contributed by atoms with Crippen LogP contribution in [0.5, 0.6) is 5.75 Å². The van der Waals surface area contributed by atoms with Gasteiger partial charge in [0.25, 0.3) is 11.8 Å². The zero-order chi connectivity index (χ0) is 25.3. The second kappa shape index (κ2) is 9.44. The Morgan fingerprint density at radius 1 is 1.20 bits per heavy atom. The van der Waals surface area contributed by atoms with Crippen LogP contribution in [0.3, 0.4) is 0 Å². The van der Waals surface area contributed by atoms with Crippen molar-refractivity contribution in [3.05, 3.63) is 64.7 Å². The molecule has 0 aliphatic carbocycles. The van der Waals surface area contributed by atoms with Gasteiger partial charge in [-0.1, -0.05) is 24.3 Å². The molecule has 2 aromatic carbocycles. The van der Waals surface area contributed by atoms with E-state index in [-0.39, 0.29) is 49.6 Å². The number of alkyl halides is 2. The SMILES string of the molecule is CC(C)Oc1ccccc1C(F)(F)C(=O)NCc1ccc2c(c1)CN([C@@H]1CCC(=O)NC1=O)C2=O. The number of imide groups is 1. The van der Waals surface area contributed by atoms with Gasteiger partial charge < -0.3 is 15.0 Å². The van der Waals surface area contributed by atoms with E-state index in [9.17, 15) is 28.0 Å². The molecule has 0 spiro atoms. The maximum absolute atomic E-state index is 15.0. The van der Waals surface area contributed by atoms with Crippen molar-refractivity contribution >= 4 is 23.6 Å². The Balaban J connectivity index is 1.44. The van der Waals surface area contributed by atoms with Gasteiger partial charge in [0.2, 0.25) is 11.8 Å². The number of hydrogen-bond acceptors (Lipinski definition) is 5. The van der Waals surface area contributed by atoms with Crippen LogP contribution in [0, 0.1) is 0 Å². The summed E-state index contributed by atoms with van der Waals surface area (Å²) in [6.45, 7) is 3.38. The number of nitrogens with zero attached hydrogens (tertiary/aromatic N) is 1. The largest absolute Gasteiger partial charge is 0.490 e. The maximum atomic E-state index is 15.0. The number of ether oxygens (including phenoxy) is 1. The molecule has 184 valence electrons. The third-order valence-corrected chi connectivity index (χ3v) is 5.91. The summed E-state index contributed by atoms with van der Waals surface area (Å²) in [5.74, 6) is -6.58. The molecule has 8 nitrogen and oxygen atoms in total. The van der Waals surface area contributed by atoms with Crippen molar-refractivity contribution in [2.75, 3.05) is 0 Å². The number of halogens is 2. The summed E-state index contributed by atoms with van der Waals surface area (Å²) >= 11 is 0. The Hall–Kier alpha value is -3.82. The van der Waals surface area contributed by atoms with Crippen molar-refractivity contribution < 1.29 is 32.7 Å². The van der Waals surface area contributed by atoms with Crippen molar-refractivity contribution in [3.63, 3.8) is 0 Å². The summed E-state index contributed by atoms with van der Waals surface area (Å²) in [5.41, 5.74) is 1.02. The number of carbonyl (C=O) groups is 4. The van der Waals surface area contributed by atoms with Gasteiger partial charge in [0.15, 0.2) is 0 Å². The smallest absolute Gasteiger partial charge is 0.353 e. The first kappa shape index (κ1) is 24.3. The number of piperidine rings is 1. The van der Waals surface area contributed by atoms with Crippen LogP contribution >= 0.6 is 0 Å². The highest BCUT2D eigenvalue weighted by atomic mass is 19.3. The van der Waals surface area contributed by atoms with Gasteiger partial charge in [0.1, 0.15) is 11.8 Å². The minimum Gasteiger partial charge on any atom is -0.490 e. The van der Waals surface area contributed by atoms with Crippen LogP contribution in [0.1, 0.15) is 53.7 Å². The Labute approximate surface area is 200 Å². The Morgan fingerprint density at radius 3 is 2.66 bits per heavy atom. The third kappa shape index (κ3) is 4.87. The van der Waals surface area contributed by atoms with E-state index < -0.39 is 29.3 Å². The highest BCUT2D eigenvalue weighted by Gasteiger charge is 2.43. The van der Waals surface area contributed by atoms with Gasteiger partial charge in [-0.25, -0.2) is 0 Å². The van der Waals surface area contributed by atoms with Crippen molar-refractivity contribution in [2.24, 2.45) is 0 Å². The quantitative estimate of drug-likeness (QED) is 0.587. The zero-order valence-electron chi connectivity index (χ0n) is 19.3. The Bertz CT molecular complexity index is 1200. The topological polar surface area (TPSA) is 105 Å². The standard InChI is InChI=1S/C25H25F2N3O5/c1-14(2)35-20-6-4-3-5-18(20)25(26,27)24(34)28-12-15-7-8-17-16(11-15)13-30(23(17)33)19-9-10-21(31)29-22(19)32/h3-8,11,14,19H,9-10,12-13H2,1-2H3,(H,28,34)(H,29,31,32)/t19-/m1/s1. The van der Waals surface area contributed by atoms with E-state index in [1.54, 1.807) is 38.1 Å².